The minimum absolute atomic E-state index is 0.0749. The Morgan fingerprint density at radius 1 is 1.10 bits per heavy atom. The van der Waals surface area contributed by atoms with Crippen LogP contribution < -0.4 is 5.32 Å². The molecule has 150 valence electrons. The molecular weight excluding hydrogens is 406 g/mol. The molecule has 4 rings (SSSR count). The third kappa shape index (κ3) is 5.19. The summed E-state index contributed by atoms with van der Waals surface area (Å²) in [6.07, 6.45) is 5.39. The summed E-state index contributed by atoms with van der Waals surface area (Å²) >= 11 is 7.91. The first kappa shape index (κ1) is 20.0. The summed E-state index contributed by atoms with van der Waals surface area (Å²) in [4.78, 5) is 12.4. The molecular formula is C22H22ClN3O2S. The number of thioether (sulfide) groups is 1. The topological polar surface area (TPSA) is 68.0 Å². The molecule has 1 saturated carbocycles. The SMILES string of the molecule is O=C(Nc1ccc(-c2nnc(SCc3ccccc3)o2)c(Cl)c1)C1CCCCC1. The Morgan fingerprint density at radius 2 is 1.90 bits per heavy atom. The predicted octanol–water partition coefficient (Wildman–Crippen LogP) is 6.20. The van der Waals surface area contributed by atoms with E-state index in [0.717, 1.165) is 31.4 Å². The standard InChI is InChI=1S/C22H22ClN3O2S/c23-19-13-17(24-20(27)16-9-5-2-6-10-16)11-12-18(19)21-25-26-22(28-21)29-14-15-7-3-1-4-8-15/h1,3-4,7-8,11-13,16H,2,5-6,9-10,14H2,(H,24,27). The highest BCUT2D eigenvalue weighted by molar-refractivity contribution is 7.98. The lowest BCUT2D eigenvalue weighted by Crippen LogP contribution is -2.24. The molecule has 1 fully saturated rings. The van der Waals surface area contributed by atoms with Crippen LogP contribution in [0.25, 0.3) is 11.5 Å². The van der Waals surface area contributed by atoms with Crippen molar-refractivity contribution >= 4 is 35.0 Å². The van der Waals surface area contributed by atoms with E-state index in [1.54, 1.807) is 12.1 Å². The fourth-order valence-electron chi connectivity index (χ4n) is 3.47. The number of nitrogens with zero attached hydrogens (tertiary/aromatic N) is 2. The largest absolute Gasteiger partial charge is 0.411 e. The molecule has 0 saturated heterocycles. The summed E-state index contributed by atoms with van der Waals surface area (Å²) in [7, 11) is 0. The Morgan fingerprint density at radius 3 is 2.66 bits per heavy atom. The number of benzene rings is 2. The lowest BCUT2D eigenvalue weighted by atomic mass is 9.88. The zero-order valence-corrected chi connectivity index (χ0v) is 17.5. The van der Waals surface area contributed by atoms with E-state index in [-0.39, 0.29) is 11.8 Å². The van der Waals surface area contributed by atoms with Crippen molar-refractivity contribution in [3.8, 4) is 11.5 Å². The molecule has 1 heterocycles. The van der Waals surface area contributed by atoms with Crippen molar-refractivity contribution in [3.05, 3.63) is 59.1 Å². The summed E-state index contributed by atoms with van der Waals surface area (Å²) in [5.74, 6) is 1.30. The van der Waals surface area contributed by atoms with Gasteiger partial charge in [0.25, 0.3) is 5.22 Å². The highest BCUT2D eigenvalue weighted by Crippen LogP contribution is 2.32. The van der Waals surface area contributed by atoms with E-state index in [2.05, 4.69) is 27.6 Å². The van der Waals surface area contributed by atoms with Crippen LogP contribution in [0.2, 0.25) is 5.02 Å². The van der Waals surface area contributed by atoms with Crippen molar-refractivity contribution in [3.63, 3.8) is 0 Å². The maximum Gasteiger partial charge on any atom is 0.277 e. The lowest BCUT2D eigenvalue weighted by Gasteiger charge is -2.20. The molecule has 3 aromatic rings. The quantitative estimate of drug-likeness (QED) is 0.474. The Kier molecular flexibility index (Phi) is 6.52. The molecule has 5 nitrogen and oxygen atoms in total. The average molecular weight is 428 g/mol. The van der Waals surface area contributed by atoms with Gasteiger partial charge in [0.15, 0.2) is 0 Å². The molecule has 1 N–H and O–H groups in total. The van der Waals surface area contributed by atoms with Gasteiger partial charge >= 0.3 is 0 Å². The normalized spacial score (nSPS) is 14.7. The fraction of sp³-hybridized carbons (Fsp3) is 0.318. The van der Waals surface area contributed by atoms with Gasteiger partial charge in [-0.15, -0.1) is 10.2 Å². The number of carbonyl (C=O) groups is 1. The van der Waals surface area contributed by atoms with Crippen LogP contribution in [-0.4, -0.2) is 16.1 Å². The van der Waals surface area contributed by atoms with Crippen LogP contribution in [0.1, 0.15) is 37.7 Å². The van der Waals surface area contributed by atoms with E-state index >= 15 is 0 Å². The third-order valence-corrected chi connectivity index (χ3v) is 6.26. The molecule has 2 aromatic carbocycles. The van der Waals surface area contributed by atoms with Gasteiger partial charge in [-0.25, -0.2) is 0 Å². The number of hydrogen-bond donors (Lipinski definition) is 1. The van der Waals surface area contributed by atoms with Gasteiger partial charge in [-0.2, -0.15) is 0 Å². The van der Waals surface area contributed by atoms with Crippen molar-refractivity contribution in [2.75, 3.05) is 5.32 Å². The van der Waals surface area contributed by atoms with Gasteiger partial charge in [0.2, 0.25) is 11.8 Å². The zero-order chi connectivity index (χ0) is 20.1. The van der Waals surface area contributed by atoms with Gasteiger partial charge in [0.1, 0.15) is 0 Å². The first-order chi connectivity index (χ1) is 14.2. The summed E-state index contributed by atoms with van der Waals surface area (Å²) < 4.78 is 5.76. The Labute approximate surface area is 179 Å². The van der Waals surface area contributed by atoms with Crippen molar-refractivity contribution in [1.82, 2.24) is 10.2 Å². The van der Waals surface area contributed by atoms with Crippen LogP contribution >= 0.6 is 23.4 Å². The lowest BCUT2D eigenvalue weighted by molar-refractivity contribution is -0.120. The van der Waals surface area contributed by atoms with Gasteiger partial charge in [-0.3, -0.25) is 4.79 Å². The van der Waals surface area contributed by atoms with E-state index in [9.17, 15) is 4.79 Å². The number of halogens is 1. The minimum Gasteiger partial charge on any atom is -0.411 e. The Bertz CT molecular complexity index is 971. The van der Waals surface area contributed by atoms with E-state index < -0.39 is 0 Å². The molecule has 1 amide bonds. The molecule has 0 spiro atoms. The number of carbonyl (C=O) groups excluding carboxylic acids is 1. The van der Waals surface area contributed by atoms with Gasteiger partial charge < -0.3 is 9.73 Å². The van der Waals surface area contributed by atoms with E-state index in [1.165, 1.54) is 23.7 Å². The number of anilines is 1. The fourth-order valence-corrected chi connectivity index (χ4v) is 4.45. The molecule has 0 atom stereocenters. The average Bonchev–Trinajstić information content (AvgIpc) is 3.22. The van der Waals surface area contributed by atoms with E-state index in [0.29, 0.717) is 27.4 Å². The highest BCUT2D eigenvalue weighted by atomic mass is 35.5. The third-order valence-electron chi connectivity index (χ3n) is 5.05. The van der Waals surface area contributed by atoms with Crippen molar-refractivity contribution in [2.45, 2.75) is 43.1 Å². The molecule has 0 unspecified atom stereocenters. The Hall–Kier alpha value is -2.31. The van der Waals surface area contributed by atoms with Crippen LogP contribution in [0.3, 0.4) is 0 Å². The zero-order valence-electron chi connectivity index (χ0n) is 15.9. The minimum atomic E-state index is 0.0749. The number of rotatable bonds is 6. The summed E-state index contributed by atoms with van der Waals surface area (Å²) in [6, 6.07) is 15.5. The molecule has 1 aromatic heterocycles. The molecule has 0 radical (unpaired) electrons. The summed E-state index contributed by atoms with van der Waals surface area (Å²) in [5, 5.41) is 12.2. The Balaban J connectivity index is 1.40. The van der Waals surface area contributed by atoms with Crippen LogP contribution in [0.5, 0.6) is 0 Å². The number of amides is 1. The maximum absolute atomic E-state index is 12.4. The number of hydrogen-bond acceptors (Lipinski definition) is 5. The maximum atomic E-state index is 12.4. The molecule has 0 aliphatic heterocycles. The van der Waals surface area contributed by atoms with Crippen LogP contribution in [0.4, 0.5) is 5.69 Å². The van der Waals surface area contributed by atoms with Crippen LogP contribution in [0.15, 0.2) is 58.2 Å². The smallest absolute Gasteiger partial charge is 0.277 e. The first-order valence-corrected chi connectivity index (χ1v) is 11.2. The van der Waals surface area contributed by atoms with Crippen LogP contribution in [-0.2, 0) is 10.5 Å². The van der Waals surface area contributed by atoms with E-state index in [1.807, 2.05) is 24.3 Å². The second kappa shape index (κ2) is 9.46. The van der Waals surface area contributed by atoms with E-state index in [4.69, 9.17) is 16.0 Å². The van der Waals surface area contributed by atoms with Crippen LogP contribution in [0, 0.1) is 5.92 Å². The number of aromatic nitrogens is 2. The molecule has 0 bridgehead atoms. The van der Waals surface area contributed by atoms with Crippen molar-refractivity contribution in [1.29, 1.82) is 0 Å². The number of nitrogens with one attached hydrogen (secondary N) is 1. The van der Waals surface area contributed by atoms with Gasteiger partial charge in [0, 0.05) is 17.4 Å². The first-order valence-electron chi connectivity index (χ1n) is 9.80. The molecule has 1 aliphatic rings. The molecule has 1 aliphatic carbocycles. The second-order valence-electron chi connectivity index (χ2n) is 7.17. The summed E-state index contributed by atoms with van der Waals surface area (Å²) in [5.41, 5.74) is 2.53. The van der Waals surface area contributed by atoms with Gasteiger partial charge in [0.05, 0.1) is 10.6 Å². The second-order valence-corrected chi connectivity index (χ2v) is 8.50. The predicted molar refractivity (Wildman–Crippen MR) is 116 cm³/mol. The van der Waals surface area contributed by atoms with Crippen molar-refractivity contribution in [2.24, 2.45) is 5.92 Å². The summed E-state index contributed by atoms with van der Waals surface area (Å²) in [6.45, 7) is 0. The molecule has 7 heteroatoms. The van der Waals surface area contributed by atoms with Gasteiger partial charge in [-0.1, -0.05) is 73.0 Å². The molecule has 29 heavy (non-hydrogen) atoms. The van der Waals surface area contributed by atoms with Gasteiger partial charge in [-0.05, 0) is 36.6 Å². The highest BCUT2D eigenvalue weighted by Gasteiger charge is 2.21. The van der Waals surface area contributed by atoms with Crippen molar-refractivity contribution < 1.29 is 9.21 Å². The monoisotopic (exact) mass is 427 g/mol.